The zero-order valence-corrected chi connectivity index (χ0v) is 10.1. The van der Waals surface area contributed by atoms with Crippen molar-refractivity contribution in [1.29, 1.82) is 0 Å². The van der Waals surface area contributed by atoms with Gasteiger partial charge in [-0.1, -0.05) is 42.5 Å². The number of hydrogen-bond donors (Lipinski definition) is 2. The molecule has 18 heavy (non-hydrogen) atoms. The highest BCUT2D eigenvalue weighted by Crippen LogP contribution is 2.54. The van der Waals surface area contributed by atoms with Gasteiger partial charge in [-0.25, -0.2) is 0 Å². The number of aliphatic hydroxyl groups excluding tert-OH is 1. The van der Waals surface area contributed by atoms with Crippen molar-refractivity contribution in [3.63, 3.8) is 0 Å². The second kappa shape index (κ2) is 3.22. The molecule has 4 aliphatic rings. The summed E-state index contributed by atoms with van der Waals surface area (Å²) in [5, 5.41) is 10.4. The Kier molecular flexibility index (Phi) is 1.84. The minimum absolute atomic E-state index is 0.510. The van der Waals surface area contributed by atoms with Crippen LogP contribution in [0.5, 0.6) is 0 Å². The lowest BCUT2D eigenvalue weighted by Gasteiger charge is -2.49. The summed E-state index contributed by atoms with van der Waals surface area (Å²) in [7, 11) is 0. The fourth-order valence-corrected chi connectivity index (χ4v) is 3.56. The third-order valence-electron chi connectivity index (χ3n) is 4.42. The lowest BCUT2D eigenvalue weighted by atomic mass is 9.60. The molecule has 2 atom stereocenters. The molecule has 2 bridgehead atoms. The van der Waals surface area contributed by atoms with Crippen LogP contribution in [0.15, 0.2) is 53.6 Å². The molecule has 2 nitrogen and oxygen atoms in total. The molecule has 3 N–H and O–H groups in total. The summed E-state index contributed by atoms with van der Waals surface area (Å²) < 4.78 is 0. The van der Waals surface area contributed by atoms with Crippen LogP contribution in [-0.4, -0.2) is 11.2 Å². The van der Waals surface area contributed by atoms with Crippen LogP contribution in [0.4, 0.5) is 0 Å². The third kappa shape index (κ3) is 1.01. The van der Waals surface area contributed by atoms with E-state index in [9.17, 15) is 5.11 Å². The zero-order chi connectivity index (χ0) is 12.3. The van der Waals surface area contributed by atoms with E-state index in [4.69, 9.17) is 5.73 Å². The number of benzene rings is 1. The lowest BCUT2D eigenvalue weighted by molar-refractivity contribution is 0.0996. The molecular weight excluding hydrogens is 222 g/mol. The van der Waals surface area contributed by atoms with Crippen molar-refractivity contribution in [2.75, 3.05) is 0 Å². The van der Waals surface area contributed by atoms with Gasteiger partial charge in [0.2, 0.25) is 0 Å². The van der Waals surface area contributed by atoms with Crippen molar-refractivity contribution in [2.45, 2.75) is 24.5 Å². The molecule has 0 radical (unpaired) electrons. The van der Waals surface area contributed by atoms with Gasteiger partial charge in [-0.05, 0) is 34.3 Å². The Bertz CT molecular complexity index is 638. The van der Waals surface area contributed by atoms with Crippen molar-refractivity contribution >= 4 is 5.57 Å². The van der Waals surface area contributed by atoms with Crippen molar-refractivity contribution in [3.05, 3.63) is 64.8 Å². The Hall–Kier alpha value is -1.64. The van der Waals surface area contributed by atoms with Gasteiger partial charge in [-0.2, -0.15) is 0 Å². The second-order valence-corrected chi connectivity index (χ2v) is 5.28. The fourth-order valence-electron chi connectivity index (χ4n) is 3.56. The molecule has 0 aromatic heterocycles. The molecule has 4 aliphatic carbocycles. The summed E-state index contributed by atoms with van der Waals surface area (Å²) in [6, 6.07) is 8.21. The van der Waals surface area contributed by atoms with Crippen molar-refractivity contribution < 1.29 is 5.11 Å². The average molecular weight is 237 g/mol. The van der Waals surface area contributed by atoms with E-state index in [1.165, 1.54) is 16.7 Å². The van der Waals surface area contributed by atoms with Crippen LogP contribution in [0.1, 0.15) is 24.0 Å². The van der Waals surface area contributed by atoms with Crippen molar-refractivity contribution in [2.24, 2.45) is 5.73 Å². The molecular formula is C16H15NO. The third-order valence-corrected chi connectivity index (χ3v) is 4.42. The first-order valence-corrected chi connectivity index (χ1v) is 6.40. The lowest BCUT2D eigenvalue weighted by Crippen LogP contribution is -2.55. The maximum Gasteiger partial charge on any atom is 0.0941 e. The molecule has 0 fully saturated rings. The summed E-state index contributed by atoms with van der Waals surface area (Å²) >= 11 is 0. The van der Waals surface area contributed by atoms with Crippen LogP contribution in [0, 0.1) is 0 Å². The smallest absolute Gasteiger partial charge is 0.0941 e. The summed E-state index contributed by atoms with van der Waals surface area (Å²) in [5.41, 5.74) is 11.8. The van der Waals surface area contributed by atoms with Crippen LogP contribution in [0.2, 0.25) is 0 Å². The molecule has 90 valence electrons. The van der Waals surface area contributed by atoms with Gasteiger partial charge in [0, 0.05) is 6.42 Å². The highest BCUT2D eigenvalue weighted by atomic mass is 16.3. The van der Waals surface area contributed by atoms with Crippen LogP contribution in [0.3, 0.4) is 0 Å². The van der Waals surface area contributed by atoms with Gasteiger partial charge >= 0.3 is 0 Å². The summed E-state index contributed by atoms with van der Waals surface area (Å²) in [5.74, 6) is 0. The molecule has 0 saturated heterocycles. The van der Waals surface area contributed by atoms with E-state index in [0.717, 1.165) is 17.6 Å². The van der Waals surface area contributed by atoms with Gasteiger partial charge in [0.15, 0.2) is 0 Å². The molecule has 0 aliphatic heterocycles. The molecule has 2 unspecified atom stereocenters. The monoisotopic (exact) mass is 237 g/mol. The largest absolute Gasteiger partial charge is 0.390 e. The van der Waals surface area contributed by atoms with Crippen molar-refractivity contribution in [1.82, 2.24) is 0 Å². The Balaban J connectivity index is 2.14. The van der Waals surface area contributed by atoms with Crippen LogP contribution in [-0.2, 0) is 5.54 Å². The van der Waals surface area contributed by atoms with Crippen LogP contribution < -0.4 is 5.73 Å². The summed E-state index contributed by atoms with van der Waals surface area (Å²) in [6.07, 6.45) is 7.53. The number of rotatable bonds is 0. The maximum atomic E-state index is 10.4. The first-order chi connectivity index (χ1) is 8.73. The first-order valence-electron chi connectivity index (χ1n) is 6.40. The molecule has 0 saturated carbocycles. The van der Waals surface area contributed by atoms with Gasteiger partial charge in [0.1, 0.15) is 0 Å². The standard InChI is InChI=1S/C16H15NO/c17-16-13-7-3-1-5-10(13)12(9-15(16)18)11-6-2-4-8-14(11)16/h1-3,5-8,15,18H,4,9,17H2. The Labute approximate surface area is 106 Å². The highest BCUT2D eigenvalue weighted by Gasteiger charge is 2.50. The summed E-state index contributed by atoms with van der Waals surface area (Å²) in [6.45, 7) is 0. The minimum atomic E-state index is -0.724. The van der Waals surface area contributed by atoms with E-state index < -0.39 is 11.6 Å². The summed E-state index contributed by atoms with van der Waals surface area (Å²) in [4.78, 5) is 0. The number of hydrogen-bond acceptors (Lipinski definition) is 2. The van der Waals surface area contributed by atoms with Gasteiger partial charge in [0.25, 0.3) is 0 Å². The van der Waals surface area contributed by atoms with E-state index in [1.807, 2.05) is 18.2 Å². The normalized spacial score (nSPS) is 32.1. The zero-order valence-electron chi connectivity index (χ0n) is 10.1. The van der Waals surface area contributed by atoms with Crippen LogP contribution in [0.25, 0.3) is 5.57 Å². The van der Waals surface area contributed by atoms with Crippen molar-refractivity contribution in [3.8, 4) is 0 Å². The predicted molar refractivity (Wildman–Crippen MR) is 71.7 cm³/mol. The highest BCUT2D eigenvalue weighted by molar-refractivity contribution is 5.86. The molecule has 0 amide bonds. The Morgan fingerprint density at radius 2 is 2.11 bits per heavy atom. The van der Waals surface area contributed by atoms with Crippen LogP contribution >= 0.6 is 0 Å². The Morgan fingerprint density at radius 1 is 1.28 bits per heavy atom. The molecule has 0 spiro atoms. The second-order valence-electron chi connectivity index (χ2n) is 5.28. The van der Waals surface area contributed by atoms with E-state index in [1.54, 1.807) is 0 Å². The molecule has 1 aromatic carbocycles. The van der Waals surface area contributed by atoms with Gasteiger partial charge in [-0.3, -0.25) is 0 Å². The first kappa shape index (κ1) is 10.3. The van der Waals surface area contributed by atoms with Gasteiger partial charge in [0.05, 0.1) is 11.6 Å². The average Bonchev–Trinajstić information content (AvgIpc) is 2.42. The number of aliphatic hydroxyl groups is 1. The topological polar surface area (TPSA) is 46.2 Å². The molecule has 0 heterocycles. The molecule has 2 heteroatoms. The Morgan fingerprint density at radius 3 is 3.00 bits per heavy atom. The quantitative estimate of drug-likeness (QED) is 0.727. The van der Waals surface area contributed by atoms with Gasteiger partial charge < -0.3 is 10.8 Å². The van der Waals surface area contributed by atoms with E-state index in [0.29, 0.717) is 6.42 Å². The van der Waals surface area contributed by atoms with E-state index >= 15 is 0 Å². The maximum absolute atomic E-state index is 10.4. The number of allylic oxidation sites excluding steroid dienone is 3. The molecule has 5 rings (SSSR count). The minimum Gasteiger partial charge on any atom is -0.390 e. The molecule has 1 aromatic rings. The fraction of sp³-hybridized carbons (Fsp3) is 0.250. The predicted octanol–water partition coefficient (Wildman–Crippen LogP) is 2.26. The number of fused-ring (bicyclic) bond motifs is 1. The number of nitrogens with two attached hydrogens (primary N) is 1. The van der Waals surface area contributed by atoms with Gasteiger partial charge in [-0.15, -0.1) is 0 Å². The van der Waals surface area contributed by atoms with E-state index in [2.05, 4.69) is 24.3 Å². The SMILES string of the molecule is NC12C3=CCC=CC3=C(CC1O)c1ccccc12. The van der Waals surface area contributed by atoms with E-state index in [-0.39, 0.29) is 0 Å².